The van der Waals surface area contributed by atoms with E-state index in [1.165, 1.54) is 10.8 Å². The first-order valence-corrected chi connectivity index (χ1v) is 14.6. The largest absolute Gasteiger partial charge is 0.485 e. The molecule has 9 nitrogen and oxygen atoms in total. The molecule has 0 saturated heterocycles. The fourth-order valence-electron chi connectivity index (χ4n) is 4.51. The second-order valence-electron chi connectivity index (χ2n) is 9.75. The number of nitrogens with zero attached hydrogens (tertiary/aromatic N) is 5. The quantitative estimate of drug-likeness (QED) is 0.310. The van der Waals surface area contributed by atoms with E-state index in [-0.39, 0.29) is 34.2 Å². The predicted molar refractivity (Wildman–Crippen MR) is 144 cm³/mol. The number of halogens is 3. The van der Waals surface area contributed by atoms with E-state index in [1.54, 1.807) is 44.4 Å². The van der Waals surface area contributed by atoms with Crippen LogP contribution >= 0.6 is 11.6 Å². The van der Waals surface area contributed by atoms with Gasteiger partial charge in [-0.2, -0.15) is 0 Å². The Kier molecular flexibility index (Phi) is 7.40. The van der Waals surface area contributed by atoms with E-state index in [0.29, 0.717) is 53.1 Å². The van der Waals surface area contributed by atoms with Crippen molar-refractivity contribution in [2.24, 2.45) is 0 Å². The smallest absolute Gasteiger partial charge is 0.277 e. The van der Waals surface area contributed by atoms with Crippen molar-refractivity contribution >= 4 is 21.4 Å². The number of rotatable bonds is 7. The molecule has 0 radical (unpaired) electrons. The molecule has 0 amide bonds. The Morgan fingerprint density at radius 3 is 2.52 bits per heavy atom. The third-order valence-electron chi connectivity index (χ3n) is 6.87. The number of ether oxygens (including phenoxy) is 1. The maximum absolute atomic E-state index is 14.0. The molecule has 5 rings (SSSR count). The van der Waals surface area contributed by atoms with Crippen LogP contribution in [-0.4, -0.2) is 44.4 Å². The van der Waals surface area contributed by atoms with E-state index in [4.69, 9.17) is 16.3 Å². The van der Waals surface area contributed by atoms with Crippen molar-refractivity contribution in [1.29, 1.82) is 0 Å². The molecule has 0 N–H and O–H groups in total. The fourth-order valence-corrected chi connectivity index (χ4v) is 5.87. The van der Waals surface area contributed by atoms with E-state index in [9.17, 15) is 22.0 Å². The topological polar surface area (TPSA) is 117 Å². The van der Waals surface area contributed by atoms with Gasteiger partial charge in [0.2, 0.25) is 0 Å². The molecular formula is C27H24ClF2N5O4S. The standard InChI is InChI=1S/C27H24ClF2N5O4S/c1-14-11-32-21(20-4-5-31-26(34-20)16-7-18(8-16)40(3,37)38)10-23(14)35-15(2)6-24(25(28)27(35)36)39-13-22-19(30)9-17(29)12-33-22/h4-6,9-12,16,18H,7-8,13H2,1-3H3/t16-,18+. The van der Waals surface area contributed by atoms with E-state index < -0.39 is 27.0 Å². The molecular weight excluding hydrogens is 564 g/mol. The molecule has 4 heterocycles. The van der Waals surface area contributed by atoms with E-state index >= 15 is 0 Å². The van der Waals surface area contributed by atoms with Gasteiger partial charge in [0.25, 0.3) is 5.56 Å². The molecule has 0 spiro atoms. The minimum atomic E-state index is -3.10. The molecule has 1 fully saturated rings. The van der Waals surface area contributed by atoms with Crippen molar-refractivity contribution in [3.8, 4) is 22.8 Å². The highest BCUT2D eigenvalue weighted by atomic mass is 35.5. The van der Waals surface area contributed by atoms with Crippen LogP contribution in [0.4, 0.5) is 8.78 Å². The summed E-state index contributed by atoms with van der Waals surface area (Å²) >= 11 is 6.37. The van der Waals surface area contributed by atoms with Crippen molar-refractivity contribution in [2.45, 2.75) is 44.5 Å². The van der Waals surface area contributed by atoms with Crippen LogP contribution in [0.15, 0.2) is 47.7 Å². The Balaban J connectivity index is 1.44. The monoisotopic (exact) mass is 587 g/mol. The van der Waals surface area contributed by atoms with Gasteiger partial charge in [-0.1, -0.05) is 11.6 Å². The normalized spacial score (nSPS) is 16.9. The Hall–Kier alpha value is -3.77. The molecule has 0 aliphatic heterocycles. The molecule has 0 unspecified atom stereocenters. The third-order valence-corrected chi connectivity index (χ3v) is 8.81. The zero-order valence-corrected chi connectivity index (χ0v) is 23.3. The van der Waals surface area contributed by atoms with Crippen molar-refractivity contribution in [3.05, 3.63) is 92.6 Å². The second-order valence-corrected chi connectivity index (χ2v) is 12.5. The lowest BCUT2D eigenvalue weighted by atomic mass is 9.84. The predicted octanol–water partition coefficient (Wildman–Crippen LogP) is 4.50. The first kappa shape index (κ1) is 27.8. The van der Waals surface area contributed by atoms with Gasteiger partial charge in [-0.15, -0.1) is 0 Å². The molecule has 0 bridgehead atoms. The molecule has 0 atom stereocenters. The molecule has 1 aliphatic rings. The highest BCUT2D eigenvalue weighted by Gasteiger charge is 2.38. The summed E-state index contributed by atoms with van der Waals surface area (Å²) in [4.78, 5) is 30.5. The SMILES string of the molecule is Cc1cnc(-c2ccnc([C@H]3C[C@@H](S(C)(=O)=O)C3)n2)cc1-n1c(C)cc(OCc2ncc(F)cc2F)c(Cl)c1=O. The van der Waals surface area contributed by atoms with Gasteiger partial charge >= 0.3 is 0 Å². The summed E-state index contributed by atoms with van der Waals surface area (Å²) in [6.07, 6.45) is 6.27. The zero-order chi connectivity index (χ0) is 28.8. The summed E-state index contributed by atoms with van der Waals surface area (Å²) in [5.41, 5.74) is 2.03. The first-order valence-electron chi connectivity index (χ1n) is 12.3. The van der Waals surface area contributed by atoms with Crippen molar-refractivity contribution < 1.29 is 21.9 Å². The number of sulfone groups is 1. The molecule has 208 valence electrons. The van der Waals surface area contributed by atoms with E-state index in [0.717, 1.165) is 6.20 Å². The number of hydrogen-bond acceptors (Lipinski definition) is 8. The van der Waals surface area contributed by atoms with Gasteiger partial charge in [-0.25, -0.2) is 27.2 Å². The minimum absolute atomic E-state index is 0.0335. The number of pyridine rings is 3. The van der Waals surface area contributed by atoms with Gasteiger partial charge in [0.15, 0.2) is 5.82 Å². The highest BCUT2D eigenvalue weighted by Crippen LogP contribution is 2.39. The Bertz CT molecular complexity index is 1790. The molecule has 4 aromatic heterocycles. The van der Waals surface area contributed by atoms with Crippen molar-refractivity contribution in [2.75, 3.05) is 6.26 Å². The summed E-state index contributed by atoms with van der Waals surface area (Å²) in [5, 5.41) is -0.605. The number of aromatic nitrogens is 5. The van der Waals surface area contributed by atoms with Crippen LogP contribution in [-0.2, 0) is 16.4 Å². The summed E-state index contributed by atoms with van der Waals surface area (Å²) in [6, 6.07) is 5.65. The van der Waals surface area contributed by atoms with Gasteiger partial charge in [-0.05, 0) is 44.4 Å². The van der Waals surface area contributed by atoms with Crippen LogP contribution in [0.1, 0.15) is 41.5 Å². The van der Waals surface area contributed by atoms with Crippen LogP contribution in [0.2, 0.25) is 5.02 Å². The molecule has 40 heavy (non-hydrogen) atoms. The Labute approximate surface area is 233 Å². The lowest BCUT2D eigenvalue weighted by Crippen LogP contribution is -2.34. The molecule has 1 aliphatic carbocycles. The minimum Gasteiger partial charge on any atom is -0.485 e. The molecule has 4 aromatic rings. The van der Waals surface area contributed by atoms with Crippen LogP contribution in [0.25, 0.3) is 17.1 Å². The summed E-state index contributed by atoms with van der Waals surface area (Å²) < 4.78 is 57.6. The van der Waals surface area contributed by atoms with Gasteiger partial charge < -0.3 is 4.74 Å². The van der Waals surface area contributed by atoms with Gasteiger partial charge in [0, 0.05) is 42.4 Å². The van der Waals surface area contributed by atoms with Crippen LogP contribution in [0, 0.1) is 25.5 Å². The fraction of sp³-hybridized carbons (Fsp3) is 0.296. The zero-order valence-electron chi connectivity index (χ0n) is 21.7. The maximum atomic E-state index is 14.0. The van der Waals surface area contributed by atoms with Gasteiger partial charge in [0.1, 0.15) is 44.6 Å². The van der Waals surface area contributed by atoms with Crippen LogP contribution in [0.5, 0.6) is 5.75 Å². The first-order chi connectivity index (χ1) is 18.9. The average Bonchev–Trinajstić information content (AvgIpc) is 2.86. The van der Waals surface area contributed by atoms with Gasteiger partial charge in [-0.3, -0.25) is 19.3 Å². The second kappa shape index (κ2) is 10.7. The summed E-state index contributed by atoms with van der Waals surface area (Å²) in [6.45, 7) is 3.14. The molecule has 1 saturated carbocycles. The lowest BCUT2D eigenvalue weighted by molar-refractivity contribution is 0.292. The van der Waals surface area contributed by atoms with E-state index in [2.05, 4.69) is 19.9 Å². The summed E-state index contributed by atoms with van der Waals surface area (Å²) in [7, 11) is -3.10. The third kappa shape index (κ3) is 5.46. The molecule has 0 aromatic carbocycles. The number of aryl methyl sites for hydroxylation is 2. The Morgan fingerprint density at radius 2 is 1.82 bits per heavy atom. The van der Waals surface area contributed by atoms with E-state index in [1.807, 2.05) is 0 Å². The van der Waals surface area contributed by atoms with Gasteiger partial charge in [0.05, 0.1) is 28.5 Å². The van der Waals surface area contributed by atoms with Crippen molar-refractivity contribution in [1.82, 2.24) is 24.5 Å². The van der Waals surface area contributed by atoms with Crippen LogP contribution in [0.3, 0.4) is 0 Å². The Morgan fingerprint density at radius 1 is 1.07 bits per heavy atom. The van der Waals surface area contributed by atoms with Crippen LogP contribution < -0.4 is 10.3 Å². The summed E-state index contributed by atoms with van der Waals surface area (Å²) in [5.74, 6) is -1.16. The highest BCUT2D eigenvalue weighted by molar-refractivity contribution is 7.91. The van der Waals surface area contributed by atoms with Crippen molar-refractivity contribution in [3.63, 3.8) is 0 Å². The number of hydrogen-bond donors (Lipinski definition) is 0. The average molecular weight is 588 g/mol. The lowest BCUT2D eigenvalue weighted by Gasteiger charge is -2.32. The maximum Gasteiger partial charge on any atom is 0.277 e. The molecule has 13 heteroatoms.